The fraction of sp³-hybridized carbons (Fsp3) is 0.143. The average molecular weight is 271 g/mol. The fourth-order valence-corrected chi connectivity index (χ4v) is 1.71. The van der Waals surface area contributed by atoms with Gasteiger partial charge in [-0.05, 0) is 19.1 Å². The van der Waals surface area contributed by atoms with E-state index in [0.29, 0.717) is 5.69 Å². The largest absolute Gasteiger partial charge is 0.480 e. The highest BCUT2D eigenvalue weighted by atomic mass is 16.4. The van der Waals surface area contributed by atoms with Crippen molar-refractivity contribution in [2.45, 2.75) is 6.92 Å². The minimum Gasteiger partial charge on any atom is -0.480 e. The van der Waals surface area contributed by atoms with Crippen LogP contribution in [0.2, 0.25) is 0 Å². The molecule has 0 aliphatic carbocycles. The van der Waals surface area contributed by atoms with E-state index in [9.17, 15) is 9.59 Å². The Morgan fingerprint density at radius 2 is 1.75 bits per heavy atom. The van der Waals surface area contributed by atoms with Gasteiger partial charge in [-0.15, -0.1) is 0 Å². The zero-order chi connectivity index (χ0) is 14.5. The van der Waals surface area contributed by atoms with E-state index in [1.807, 2.05) is 19.1 Å². The third-order valence-electron chi connectivity index (χ3n) is 2.69. The molecule has 1 heterocycles. The number of hydrogen-bond donors (Lipinski definition) is 1. The van der Waals surface area contributed by atoms with Crippen LogP contribution in [0.5, 0.6) is 0 Å². The smallest absolute Gasteiger partial charge is 0.323 e. The Morgan fingerprint density at radius 1 is 1.15 bits per heavy atom. The normalized spacial score (nSPS) is 10.1. The minimum atomic E-state index is -1.09. The Labute approximate surface area is 115 Å². The topological polar surface area (TPSA) is 83.4 Å². The Balaban J connectivity index is 2.35. The number of hydrogen-bond acceptors (Lipinski definition) is 4. The predicted molar refractivity (Wildman–Crippen MR) is 72.5 cm³/mol. The van der Waals surface area contributed by atoms with Gasteiger partial charge in [0.05, 0.1) is 5.56 Å². The summed E-state index contributed by atoms with van der Waals surface area (Å²) in [5.41, 5.74) is 1.79. The van der Waals surface area contributed by atoms with Crippen LogP contribution in [0, 0.1) is 6.92 Å². The van der Waals surface area contributed by atoms with E-state index in [0.717, 1.165) is 5.56 Å². The van der Waals surface area contributed by atoms with Crippen molar-refractivity contribution in [3.8, 4) is 0 Å². The van der Waals surface area contributed by atoms with Crippen LogP contribution < -0.4 is 4.90 Å². The monoisotopic (exact) mass is 271 g/mol. The Bertz CT molecular complexity index is 611. The van der Waals surface area contributed by atoms with Gasteiger partial charge in [0.2, 0.25) is 0 Å². The van der Waals surface area contributed by atoms with E-state index < -0.39 is 18.4 Å². The number of carboxylic acid groups (broad SMARTS) is 1. The molecular formula is C14H13N3O3. The number of amides is 1. The second kappa shape index (κ2) is 5.92. The van der Waals surface area contributed by atoms with Gasteiger partial charge in [0.25, 0.3) is 5.91 Å². The first kappa shape index (κ1) is 13.7. The number of anilines is 1. The minimum absolute atomic E-state index is 0.245. The molecule has 2 rings (SSSR count). The van der Waals surface area contributed by atoms with Crippen molar-refractivity contribution < 1.29 is 14.7 Å². The summed E-state index contributed by atoms with van der Waals surface area (Å²) >= 11 is 0. The van der Waals surface area contributed by atoms with Gasteiger partial charge >= 0.3 is 5.97 Å². The van der Waals surface area contributed by atoms with Crippen molar-refractivity contribution in [2.75, 3.05) is 11.4 Å². The van der Waals surface area contributed by atoms with Crippen LogP contribution in [0.3, 0.4) is 0 Å². The van der Waals surface area contributed by atoms with Crippen molar-refractivity contribution in [1.29, 1.82) is 0 Å². The summed E-state index contributed by atoms with van der Waals surface area (Å²) in [5.74, 6) is -1.53. The third-order valence-corrected chi connectivity index (χ3v) is 2.69. The van der Waals surface area contributed by atoms with Gasteiger partial charge in [0.1, 0.15) is 12.9 Å². The SMILES string of the molecule is Cc1ccc(N(CC(=O)O)C(=O)c2cncnc2)cc1. The second-order valence-corrected chi connectivity index (χ2v) is 4.25. The number of aromatic nitrogens is 2. The molecule has 2 aromatic rings. The summed E-state index contributed by atoms with van der Waals surface area (Å²) in [5, 5.41) is 8.97. The summed E-state index contributed by atoms with van der Waals surface area (Å²) < 4.78 is 0. The van der Waals surface area contributed by atoms with E-state index in [2.05, 4.69) is 9.97 Å². The van der Waals surface area contributed by atoms with Crippen LogP contribution in [0.1, 0.15) is 15.9 Å². The summed E-state index contributed by atoms with van der Waals surface area (Å²) in [4.78, 5) is 32.0. The molecule has 102 valence electrons. The molecule has 1 amide bonds. The van der Waals surface area contributed by atoms with Crippen molar-refractivity contribution in [1.82, 2.24) is 9.97 Å². The lowest BCUT2D eigenvalue weighted by molar-refractivity contribution is -0.135. The molecule has 0 aliphatic rings. The molecule has 6 nitrogen and oxygen atoms in total. The van der Waals surface area contributed by atoms with Crippen LogP contribution in [0.4, 0.5) is 5.69 Å². The number of carbonyl (C=O) groups is 2. The van der Waals surface area contributed by atoms with E-state index in [1.165, 1.54) is 23.6 Å². The highest BCUT2D eigenvalue weighted by Gasteiger charge is 2.20. The number of benzene rings is 1. The first-order valence-electron chi connectivity index (χ1n) is 5.93. The number of nitrogens with zero attached hydrogens (tertiary/aromatic N) is 3. The molecule has 0 saturated carbocycles. The summed E-state index contributed by atoms with van der Waals surface area (Å²) in [7, 11) is 0. The molecule has 0 bridgehead atoms. The average Bonchev–Trinajstić information content (AvgIpc) is 2.46. The Kier molecular flexibility index (Phi) is 4.05. The lowest BCUT2D eigenvalue weighted by Gasteiger charge is -2.20. The van der Waals surface area contributed by atoms with Gasteiger partial charge in [-0.1, -0.05) is 17.7 Å². The molecule has 1 aromatic heterocycles. The molecule has 6 heteroatoms. The lowest BCUT2D eigenvalue weighted by Crippen LogP contribution is -2.35. The molecule has 1 aromatic carbocycles. The van der Waals surface area contributed by atoms with Crippen molar-refractivity contribution in [3.63, 3.8) is 0 Å². The number of carbonyl (C=O) groups excluding carboxylic acids is 1. The maximum Gasteiger partial charge on any atom is 0.323 e. The maximum absolute atomic E-state index is 12.3. The summed E-state index contributed by atoms with van der Waals surface area (Å²) in [6, 6.07) is 7.05. The maximum atomic E-state index is 12.3. The summed E-state index contributed by atoms with van der Waals surface area (Å²) in [6.07, 6.45) is 4.03. The molecule has 0 atom stereocenters. The first-order valence-corrected chi connectivity index (χ1v) is 5.93. The molecule has 0 aliphatic heterocycles. The van der Waals surface area contributed by atoms with Crippen LogP contribution in [0.25, 0.3) is 0 Å². The molecule has 0 unspecified atom stereocenters. The van der Waals surface area contributed by atoms with Crippen LogP contribution in [-0.2, 0) is 4.79 Å². The quantitative estimate of drug-likeness (QED) is 0.911. The Hall–Kier alpha value is -2.76. The van der Waals surface area contributed by atoms with Crippen LogP contribution >= 0.6 is 0 Å². The van der Waals surface area contributed by atoms with E-state index in [1.54, 1.807) is 12.1 Å². The van der Waals surface area contributed by atoms with Gasteiger partial charge in [-0.2, -0.15) is 0 Å². The highest BCUT2D eigenvalue weighted by molar-refractivity contribution is 6.07. The second-order valence-electron chi connectivity index (χ2n) is 4.25. The number of carboxylic acids is 1. The number of rotatable bonds is 4. The van der Waals surface area contributed by atoms with Gasteiger partial charge in [-0.3, -0.25) is 14.5 Å². The van der Waals surface area contributed by atoms with Crippen molar-refractivity contribution in [2.24, 2.45) is 0 Å². The van der Waals surface area contributed by atoms with Crippen LogP contribution in [-0.4, -0.2) is 33.5 Å². The number of aliphatic carboxylic acids is 1. The fourth-order valence-electron chi connectivity index (χ4n) is 1.71. The van der Waals surface area contributed by atoms with Gasteiger partial charge in [0, 0.05) is 18.1 Å². The standard InChI is InChI=1S/C14H13N3O3/c1-10-2-4-12(5-3-10)17(8-13(18)19)14(20)11-6-15-9-16-7-11/h2-7,9H,8H2,1H3,(H,18,19). The van der Waals surface area contributed by atoms with Gasteiger partial charge in [0.15, 0.2) is 0 Å². The van der Waals surface area contributed by atoms with E-state index in [-0.39, 0.29) is 5.56 Å². The van der Waals surface area contributed by atoms with E-state index in [4.69, 9.17) is 5.11 Å². The molecule has 0 spiro atoms. The highest BCUT2D eigenvalue weighted by Crippen LogP contribution is 2.17. The lowest BCUT2D eigenvalue weighted by atomic mass is 10.2. The number of aryl methyl sites for hydroxylation is 1. The van der Waals surface area contributed by atoms with E-state index >= 15 is 0 Å². The van der Waals surface area contributed by atoms with Gasteiger partial charge < -0.3 is 5.11 Å². The third kappa shape index (κ3) is 3.17. The van der Waals surface area contributed by atoms with Crippen LogP contribution in [0.15, 0.2) is 43.0 Å². The van der Waals surface area contributed by atoms with Gasteiger partial charge in [-0.25, -0.2) is 9.97 Å². The molecule has 20 heavy (non-hydrogen) atoms. The molecule has 1 N–H and O–H groups in total. The predicted octanol–water partition coefficient (Wildman–Crippen LogP) is 1.52. The first-order chi connectivity index (χ1) is 9.58. The molecule has 0 radical (unpaired) electrons. The molecular weight excluding hydrogens is 258 g/mol. The zero-order valence-corrected chi connectivity index (χ0v) is 10.9. The zero-order valence-electron chi connectivity index (χ0n) is 10.9. The summed E-state index contributed by atoms with van der Waals surface area (Å²) in [6.45, 7) is 1.50. The molecule has 0 fully saturated rings. The molecule has 0 saturated heterocycles. The Morgan fingerprint density at radius 3 is 2.30 bits per heavy atom. The van der Waals surface area contributed by atoms with Crippen molar-refractivity contribution in [3.05, 3.63) is 54.1 Å². The van der Waals surface area contributed by atoms with Crippen molar-refractivity contribution >= 4 is 17.6 Å².